The van der Waals surface area contributed by atoms with Crippen LogP contribution < -0.4 is 15.2 Å². The standard InChI is InChI=1S/C34H42Cl2N6O4S/c1-5-46-29-15-10-25(34(2,3)37)22-28(29)32-39-30(23-6-11-26(35)12-7-23)31(24-8-13-27(36)14-9-24)42(32)33(43)41-20-18-40(19-21-41)17-16-38-47(4,44)45/h6-15,22,30-31,38H,5,16-21,37H2,1-4H3/t30-,31+/m0/s1. The number of hydrogen-bond donors (Lipinski definition) is 2. The van der Waals surface area contributed by atoms with E-state index in [1.807, 2.05) is 92.4 Å². The number of halogens is 2. The van der Waals surface area contributed by atoms with Crippen LogP contribution in [0.4, 0.5) is 4.79 Å². The number of nitrogens with two attached hydrogens (primary N) is 1. The van der Waals surface area contributed by atoms with Gasteiger partial charge in [0, 0.05) is 54.9 Å². The van der Waals surface area contributed by atoms with Crippen LogP contribution >= 0.6 is 23.2 Å². The Morgan fingerprint density at radius 2 is 1.57 bits per heavy atom. The highest BCUT2D eigenvalue weighted by molar-refractivity contribution is 7.88. The van der Waals surface area contributed by atoms with E-state index in [-0.39, 0.29) is 6.03 Å². The number of carbonyl (C=O) groups is 1. The Hall–Kier alpha value is -3.19. The van der Waals surface area contributed by atoms with Crippen LogP contribution in [0.25, 0.3) is 0 Å². The Bertz CT molecular complexity index is 1700. The molecule has 10 nitrogen and oxygen atoms in total. The monoisotopic (exact) mass is 700 g/mol. The summed E-state index contributed by atoms with van der Waals surface area (Å²) in [6.07, 6.45) is 1.15. The molecule has 0 bridgehead atoms. The van der Waals surface area contributed by atoms with Crippen LogP contribution in [0.3, 0.4) is 0 Å². The zero-order valence-corrected chi connectivity index (χ0v) is 29.4. The number of rotatable bonds is 10. The molecule has 3 aromatic rings. The largest absolute Gasteiger partial charge is 0.493 e. The van der Waals surface area contributed by atoms with Crippen LogP contribution in [0.5, 0.6) is 5.75 Å². The lowest BCUT2D eigenvalue weighted by atomic mass is 9.92. The maximum atomic E-state index is 14.8. The van der Waals surface area contributed by atoms with Crippen molar-refractivity contribution in [1.82, 2.24) is 19.4 Å². The van der Waals surface area contributed by atoms with Crippen molar-refractivity contribution in [2.75, 3.05) is 52.1 Å². The summed E-state index contributed by atoms with van der Waals surface area (Å²) in [4.78, 5) is 25.9. The average molecular weight is 702 g/mol. The quantitative estimate of drug-likeness (QED) is 0.292. The Balaban J connectivity index is 1.58. The fourth-order valence-corrected chi connectivity index (χ4v) is 6.66. The lowest BCUT2D eigenvalue weighted by molar-refractivity contribution is 0.120. The van der Waals surface area contributed by atoms with Gasteiger partial charge in [0.2, 0.25) is 10.0 Å². The highest BCUT2D eigenvalue weighted by Crippen LogP contribution is 2.46. The molecule has 0 spiro atoms. The minimum absolute atomic E-state index is 0.186. The van der Waals surface area contributed by atoms with Gasteiger partial charge in [0.05, 0.1) is 24.5 Å². The second-order valence-electron chi connectivity index (χ2n) is 12.5. The van der Waals surface area contributed by atoms with Gasteiger partial charge in [-0.05, 0) is 73.9 Å². The summed E-state index contributed by atoms with van der Waals surface area (Å²) < 4.78 is 31.7. The summed E-state index contributed by atoms with van der Waals surface area (Å²) in [7, 11) is -3.27. The number of amidine groups is 1. The van der Waals surface area contributed by atoms with E-state index in [4.69, 9.17) is 38.7 Å². The van der Waals surface area contributed by atoms with Crippen LogP contribution in [-0.2, 0) is 15.6 Å². The van der Waals surface area contributed by atoms with E-state index in [1.54, 1.807) is 4.90 Å². The third-order valence-corrected chi connectivity index (χ3v) is 9.63. The normalized spacial score (nSPS) is 19.2. The molecular formula is C34H42Cl2N6O4S. The summed E-state index contributed by atoms with van der Waals surface area (Å²) in [6, 6.07) is 19.7. The molecule has 0 radical (unpaired) electrons. The Kier molecular flexibility index (Phi) is 10.8. The molecular weight excluding hydrogens is 659 g/mol. The number of aliphatic imine (C=N–C) groups is 1. The molecule has 2 atom stereocenters. The molecule has 2 aliphatic rings. The number of carbonyl (C=O) groups excluding carboxylic acids is 1. The number of ether oxygens (including phenoxy) is 1. The van der Waals surface area contributed by atoms with Crippen LogP contribution in [-0.4, -0.2) is 87.1 Å². The third kappa shape index (κ3) is 8.46. The fourth-order valence-electron chi connectivity index (χ4n) is 5.95. The van der Waals surface area contributed by atoms with E-state index in [0.717, 1.165) is 22.9 Å². The molecule has 5 rings (SSSR count). The molecule has 1 saturated heterocycles. The van der Waals surface area contributed by atoms with Crippen LogP contribution in [0.15, 0.2) is 71.7 Å². The summed E-state index contributed by atoms with van der Waals surface area (Å²) in [5, 5.41) is 1.19. The highest BCUT2D eigenvalue weighted by atomic mass is 35.5. The molecule has 0 aromatic heterocycles. The highest BCUT2D eigenvalue weighted by Gasteiger charge is 2.45. The Morgan fingerprint density at radius 3 is 2.13 bits per heavy atom. The van der Waals surface area contributed by atoms with Gasteiger partial charge < -0.3 is 15.4 Å². The molecule has 252 valence electrons. The van der Waals surface area contributed by atoms with Crippen LogP contribution in [0, 0.1) is 0 Å². The van der Waals surface area contributed by atoms with E-state index in [0.29, 0.717) is 73.1 Å². The summed E-state index contributed by atoms with van der Waals surface area (Å²) in [5.41, 5.74) is 9.24. The fraction of sp³-hybridized carbons (Fsp3) is 0.412. The van der Waals surface area contributed by atoms with Crippen molar-refractivity contribution >= 4 is 45.1 Å². The number of nitrogens with zero attached hydrogens (tertiary/aromatic N) is 4. The smallest absolute Gasteiger partial charge is 0.326 e. The predicted molar refractivity (Wildman–Crippen MR) is 188 cm³/mol. The molecule has 2 aliphatic heterocycles. The summed E-state index contributed by atoms with van der Waals surface area (Å²) in [6.45, 7) is 9.22. The maximum absolute atomic E-state index is 14.8. The number of sulfonamides is 1. The molecule has 2 amide bonds. The maximum Gasteiger partial charge on any atom is 0.326 e. The SMILES string of the molecule is CCOc1ccc(C(C)(C)N)cc1C1=N[C@@H](c2ccc(Cl)cc2)[C@@H](c2ccc(Cl)cc2)N1C(=O)N1CCN(CCNS(C)(=O)=O)CC1. The summed E-state index contributed by atoms with van der Waals surface area (Å²) >= 11 is 12.6. The van der Waals surface area contributed by atoms with E-state index in [1.165, 1.54) is 0 Å². The first kappa shape index (κ1) is 35.1. The second-order valence-corrected chi connectivity index (χ2v) is 15.2. The van der Waals surface area contributed by atoms with Crippen LogP contribution in [0.2, 0.25) is 10.0 Å². The minimum atomic E-state index is -3.27. The molecule has 1 fully saturated rings. The Morgan fingerprint density at radius 1 is 0.979 bits per heavy atom. The number of benzene rings is 3. The van der Waals surface area contributed by atoms with Crippen LogP contribution in [0.1, 0.15) is 55.1 Å². The van der Waals surface area contributed by atoms with Gasteiger partial charge in [-0.25, -0.2) is 17.9 Å². The van der Waals surface area contributed by atoms with E-state index in [2.05, 4.69) is 9.62 Å². The zero-order valence-electron chi connectivity index (χ0n) is 27.1. The zero-order chi connectivity index (χ0) is 33.9. The number of piperazine rings is 1. The lowest BCUT2D eigenvalue weighted by Gasteiger charge is -2.39. The molecule has 0 aliphatic carbocycles. The van der Waals surface area contributed by atoms with Gasteiger partial charge >= 0.3 is 6.03 Å². The van der Waals surface area contributed by atoms with Crippen molar-refractivity contribution in [2.45, 2.75) is 38.4 Å². The van der Waals surface area contributed by atoms with Crippen molar-refractivity contribution in [3.63, 3.8) is 0 Å². The van der Waals surface area contributed by atoms with E-state index < -0.39 is 27.6 Å². The van der Waals surface area contributed by atoms with Gasteiger partial charge in [-0.1, -0.05) is 53.5 Å². The topological polar surface area (TPSA) is 121 Å². The molecule has 3 N–H and O–H groups in total. The lowest BCUT2D eigenvalue weighted by Crippen LogP contribution is -2.54. The molecule has 3 aromatic carbocycles. The average Bonchev–Trinajstić information content (AvgIpc) is 3.41. The van der Waals surface area contributed by atoms with Crippen molar-refractivity contribution in [2.24, 2.45) is 10.7 Å². The van der Waals surface area contributed by atoms with Crippen molar-refractivity contribution in [1.29, 1.82) is 0 Å². The second kappa shape index (κ2) is 14.5. The van der Waals surface area contributed by atoms with E-state index >= 15 is 0 Å². The molecule has 13 heteroatoms. The number of hydrogen-bond acceptors (Lipinski definition) is 7. The first-order valence-electron chi connectivity index (χ1n) is 15.7. The van der Waals surface area contributed by atoms with Gasteiger partial charge in [0.25, 0.3) is 0 Å². The molecule has 0 saturated carbocycles. The summed E-state index contributed by atoms with van der Waals surface area (Å²) in [5.74, 6) is 1.09. The predicted octanol–water partition coefficient (Wildman–Crippen LogP) is 5.42. The van der Waals surface area contributed by atoms with Crippen molar-refractivity contribution < 1.29 is 17.9 Å². The number of nitrogens with one attached hydrogen (secondary N) is 1. The Labute approximate surface area is 287 Å². The van der Waals surface area contributed by atoms with Gasteiger partial charge in [-0.15, -0.1) is 0 Å². The minimum Gasteiger partial charge on any atom is -0.493 e. The van der Waals surface area contributed by atoms with Crippen molar-refractivity contribution in [3.8, 4) is 5.75 Å². The first-order chi connectivity index (χ1) is 22.2. The number of urea groups is 1. The number of amides is 2. The third-order valence-electron chi connectivity index (χ3n) is 8.40. The molecule has 2 heterocycles. The van der Waals surface area contributed by atoms with Gasteiger partial charge in [0.1, 0.15) is 17.6 Å². The van der Waals surface area contributed by atoms with Gasteiger partial charge in [-0.3, -0.25) is 14.8 Å². The van der Waals surface area contributed by atoms with E-state index in [9.17, 15) is 13.2 Å². The van der Waals surface area contributed by atoms with Gasteiger partial charge in [0.15, 0.2) is 0 Å². The van der Waals surface area contributed by atoms with Gasteiger partial charge in [-0.2, -0.15) is 0 Å². The molecule has 0 unspecified atom stereocenters. The first-order valence-corrected chi connectivity index (χ1v) is 18.3. The molecule has 47 heavy (non-hydrogen) atoms. The van der Waals surface area contributed by atoms with Crippen molar-refractivity contribution in [3.05, 3.63) is 99.0 Å².